The Balaban J connectivity index is 1.37. The number of nitrogens with zero attached hydrogens (tertiary/aromatic N) is 1. The zero-order valence-corrected chi connectivity index (χ0v) is 23.4. The van der Waals surface area contributed by atoms with Crippen LogP contribution in [0.15, 0.2) is 81.5 Å². The molecule has 0 aliphatic carbocycles. The van der Waals surface area contributed by atoms with Crippen LogP contribution in [0.4, 0.5) is 0 Å². The van der Waals surface area contributed by atoms with Crippen molar-refractivity contribution in [3.63, 3.8) is 0 Å². The van der Waals surface area contributed by atoms with Crippen LogP contribution in [0.1, 0.15) is 41.6 Å². The molecular weight excluding hydrogens is 548 g/mol. The standard InChI is InChI=1S/C29H28N4O7S/c1-4-38-28(36)25-17(2)31-29(41)32-26(25)21-7-5-6-8-23(21)39-16-24(34)33-30-15-20-13-14-22(40-20)18-9-11-19(12-10-18)27(35)37-3/h5-15,26H,4,16H2,1-3H3,(H,33,34)(H2,31,32,41)/t26-/m1/s1. The lowest BCUT2D eigenvalue weighted by molar-refractivity contribution is -0.139. The van der Waals surface area contributed by atoms with Crippen LogP contribution in [0.2, 0.25) is 0 Å². The first-order chi connectivity index (χ1) is 19.8. The van der Waals surface area contributed by atoms with Gasteiger partial charge in [0.1, 0.15) is 17.3 Å². The van der Waals surface area contributed by atoms with E-state index < -0.39 is 23.9 Å². The molecule has 0 saturated heterocycles. The minimum atomic E-state index is -0.634. The Bertz CT molecular complexity index is 1510. The van der Waals surface area contributed by atoms with Gasteiger partial charge in [0.05, 0.1) is 37.1 Å². The van der Waals surface area contributed by atoms with Gasteiger partial charge < -0.3 is 29.3 Å². The van der Waals surface area contributed by atoms with E-state index in [0.29, 0.717) is 44.8 Å². The average molecular weight is 577 g/mol. The van der Waals surface area contributed by atoms with Gasteiger partial charge >= 0.3 is 11.9 Å². The van der Waals surface area contributed by atoms with Gasteiger partial charge in [-0.15, -0.1) is 0 Å². The van der Waals surface area contributed by atoms with Gasteiger partial charge in [-0.25, -0.2) is 15.0 Å². The second-order valence-corrected chi connectivity index (χ2v) is 9.09. The Morgan fingerprint density at radius 1 is 1.07 bits per heavy atom. The molecule has 4 rings (SSSR count). The van der Waals surface area contributed by atoms with Crippen molar-refractivity contribution in [2.75, 3.05) is 20.3 Å². The third-order valence-electron chi connectivity index (χ3n) is 5.95. The first-order valence-corrected chi connectivity index (χ1v) is 13.0. The molecule has 1 aliphatic rings. The van der Waals surface area contributed by atoms with Crippen LogP contribution in [-0.4, -0.2) is 49.5 Å². The summed E-state index contributed by atoms with van der Waals surface area (Å²) in [5.41, 5.74) is 5.13. The number of thiocarbonyl (C=S) groups is 1. The van der Waals surface area contributed by atoms with E-state index in [1.807, 2.05) is 0 Å². The van der Waals surface area contributed by atoms with Gasteiger partial charge in [-0.3, -0.25) is 4.79 Å². The van der Waals surface area contributed by atoms with Gasteiger partial charge in [-0.05, 0) is 56.4 Å². The van der Waals surface area contributed by atoms with Crippen LogP contribution in [0.3, 0.4) is 0 Å². The maximum atomic E-state index is 12.7. The summed E-state index contributed by atoms with van der Waals surface area (Å²) in [6.07, 6.45) is 1.36. The smallest absolute Gasteiger partial charge is 0.338 e. The van der Waals surface area contributed by atoms with Gasteiger partial charge in [0, 0.05) is 16.8 Å². The van der Waals surface area contributed by atoms with Crippen LogP contribution in [0.5, 0.6) is 5.75 Å². The lowest BCUT2D eigenvalue weighted by Gasteiger charge is -2.30. The number of esters is 2. The summed E-state index contributed by atoms with van der Waals surface area (Å²) < 4.78 is 21.5. The number of para-hydroxylation sites is 1. The highest BCUT2D eigenvalue weighted by Gasteiger charge is 2.32. The highest BCUT2D eigenvalue weighted by atomic mass is 32.1. The minimum absolute atomic E-state index is 0.217. The molecule has 41 heavy (non-hydrogen) atoms. The topological polar surface area (TPSA) is 140 Å². The third kappa shape index (κ3) is 7.17. The van der Waals surface area contributed by atoms with E-state index in [1.54, 1.807) is 74.5 Å². The maximum absolute atomic E-state index is 12.7. The van der Waals surface area contributed by atoms with Gasteiger partial charge in [-0.2, -0.15) is 5.10 Å². The molecule has 0 unspecified atom stereocenters. The van der Waals surface area contributed by atoms with Gasteiger partial charge in [0.2, 0.25) is 0 Å². The number of hydrogen-bond donors (Lipinski definition) is 3. The summed E-state index contributed by atoms with van der Waals surface area (Å²) in [6.45, 7) is 3.35. The maximum Gasteiger partial charge on any atom is 0.338 e. The molecule has 0 spiro atoms. The predicted molar refractivity (Wildman–Crippen MR) is 154 cm³/mol. The minimum Gasteiger partial charge on any atom is -0.483 e. The molecule has 0 fully saturated rings. The number of hydrogen-bond acceptors (Lipinski definition) is 9. The Morgan fingerprint density at radius 2 is 1.83 bits per heavy atom. The lowest BCUT2D eigenvalue weighted by Crippen LogP contribution is -2.45. The van der Waals surface area contributed by atoms with E-state index in [4.69, 9.17) is 30.8 Å². The Labute approximate surface area is 241 Å². The number of nitrogens with one attached hydrogen (secondary N) is 3. The first kappa shape index (κ1) is 29.0. The first-order valence-electron chi connectivity index (χ1n) is 12.6. The molecule has 1 atom stereocenters. The molecule has 3 N–H and O–H groups in total. The average Bonchev–Trinajstić information content (AvgIpc) is 3.44. The predicted octanol–water partition coefficient (Wildman–Crippen LogP) is 3.62. The number of methoxy groups -OCH3 is 1. The summed E-state index contributed by atoms with van der Waals surface area (Å²) in [5.74, 6) is -0.0624. The fourth-order valence-corrected chi connectivity index (χ4v) is 4.34. The molecule has 11 nitrogen and oxygen atoms in total. The van der Waals surface area contributed by atoms with E-state index in [0.717, 1.165) is 5.56 Å². The third-order valence-corrected chi connectivity index (χ3v) is 6.17. The summed E-state index contributed by atoms with van der Waals surface area (Å²) in [5, 5.41) is 10.3. The highest BCUT2D eigenvalue weighted by molar-refractivity contribution is 7.80. The molecule has 0 bridgehead atoms. The Kier molecular flexibility index (Phi) is 9.48. The molecule has 1 aromatic heterocycles. The second kappa shape index (κ2) is 13.4. The lowest BCUT2D eigenvalue weighted by atomic mass is 9.95. The van der Waals surface area contributed by atoms with Crippen molar-refractivity contribution in [2.45, 2.75) is 19.9 Å². The van der Waals surface area contributed by atoms with Crippen LogP contribution in [0, 0.1) is 0 Å². The number of ether oxygens (including phenoxy) is 3. The number of carbonyl (C=O) groups excluding carboxylic acids is 3. The zero-order chi connectivity index (χ0) is 29.4. The van der Waals surface area contributed by atoms with Crippen molar-refractivity contribution < 1.29 is 33.0 Å². The highest BCUT2D eigenvalue weighted by Crippen LogP contribution is 2.33. The normalized spacial score (nSPS) is 14.7. The van der Waals surface area contributed by atoms with E-state index in [1.165, 1.54) is 13.3 Å². The van der Waals surface area contributed by atoms with Crippen molar-refractivity contribution in [2.24, 2.45) is 5.10 Å². The van der Waals surface area contributed by atoms with Crippen LogP contribution in [0.25, 0.3) is 11.3 Å². The number of rotatable bonds is 10. The number of allylic oxidation sites excluding steroid dienone is 1. The van der Waals surface area contributed by atoms with Crippen molar-refractivity contribution in [1.29, 1.82) is 0 Å². The van der Waals surface area contributed by atoms with E-state index in [2.05, 4.69) is 21.2 Å². The van der Waals surface area contributed by atoms with Crippen molar-refractivity contribution in [1.82, 2.24) is 16.1 Å². The quantitative estimate of drug-likeness (QED) is 0.142. The summed E-state index contributed by atoms with van der Waals surface area (Å²) >= 11 is 5.30. The van der Waals surface area contributed by atoms with Gasteiger partial charge in [0.15, 0.2) is 11.7 Å². The van der Waals surface area contributed by atoms with Crippen LogP contribution < -0.4 is 20.8 Å². The Morgan fingerprint density at radius 3 is 2.56 bits per heavy atom. The fourth-order valence-electron chi connectivity index (χ4n) is 4.07. The fraction of sp³-hybridized carbons (Fsp3) is 0.207. The molecule has 1 aliphatic heterocycles. The van der Waals surface area contributed by atoms with Crippen molar-refractivity contribution in [3.05, 3.63) is 88.8 Å². The molecule has 212 valence electrons. The Hall–Kier alpha value is -4.97. The van der Waals surface area contributed by atoms with Gasteiger partial charge in [-0.1, -0.05) is 30.3 Å². The number of carbonyl (C=O) groups is 3. The van der Waals surface area contributed by atoms with Crippen molar-refractivity contribution >= 4 is 41.4 Å². The molecule has 0 radical (unpaired) electrons. The SMILES string of the molecule is CCOC(=O)C1=C(C)NC(=S)N[C@@H]1c1ccccc1OCC(=O)NN=Cc1ccc(-c2ccc(C(=O)OC)cc2)o1. The summed E-state index contributed by atoms with van der Waals surface area (Å²) in [7, 11) is 1.32. The molecule has 3 aromatic rings. The molecule has 12 heteroatoms. The van der Waals surface area contributed by atoms with E-state index in [9.17, 15) is 14.4 Å². The van der Waals surface area contributed by atoms with E-state index >= 15 is 0 Å². The monoisotopic (exact) mass is 576 g/mol. The zero-order valence-electron chi connectivity index (χ0n) is 22.6. The molecule has 0 saturated carbocycles. The number of hydrazone groups is 1. The summed E-state index contributed by atoms with van der Waals surface area (Å²) in [6, 6.07) is 16.6. The second-order valence-electron chi connectivity index (χ2n) is 8.68. The van der Waals surface area contributed by atoms with E-state index in [-0.39, 0.29) is 13.2 Å². The largest absolute Gasteiger partial charge is 0.483 e. The van der Waals surface area contributed by atoms with Crippen molar-refractivity contribution in [3.8, 4) is 17.1 Å². The molecule has 2 heterocycles. The number of benzene rings is 2. The summed E-state index contributed by atoms with van der Waals surface area (Å²) in [4.78, 5) is 36.7. The molecule has 1 amide bonds. The molecule has 2 aromatic carbocycles. The van der Waals surface area contributed by atoms with Gasteiger partial charge in [0.25, 0.3) is 5.91 Å². The number of amides is 1. The number of furan rings is 1. The van der Waals surface area contributed by atoms with Crippen LogP contribution >= 0.6 is 12.2 Å². The van der Waals surface area contributed by atoms with Crippen LogP contribution in [-0.2, 0) is 19.1 Å². The molecular formula is C29H28N4O7S.